The fraction of sp³-hybridized carbons (Fsp3) is 0.500. The molecular formula is C44H52N8O6. The van der Waals surface area contributed by atoms with Crippen LogP contribution in [0.25, 0.3) is 22.3 Å². The molecule has 304 valence electrons. The topological polar surface area (TPSA) is 167 Å². The van der Waals surface area contributed by atoms with Gasteiger partial charge in [-0.25, -0.2) is 19.8 Å². The Morgan fingerprint density at radius 2 is 1.50 bits per heavy atom. The minimum atomic E-state index is -0.688. The number of amides is 3. The van der Waals surface area contributed by atoms with Crippen molar-refractivity contribution in [3.63, 3.8) is 0 Å². The van der Waals surface area contributed by atoms with Crippen LogP contribution in [0.5, 0.6) is 0 Å². The van der Waals surface area contributed by atoms with Gasteiger partial charge in [-0.1, -0.05) is 51.7 Å². The molecule has 14 heteroatoms. The summed E-state index contributed by atoms with van der Waals surface area (Å²) in [4.78, 5) is 74.3. The van der Waals surface area contributed by atoms with Gasteiger partial charge in [0, 0.05) is 36.0 Å². The number of nitrogens with one attached hydrogen (secondary N) is 3. The quantitative estimate of drug-likeness (QED) is 0.0511. The van der Waals surface area contributed by atoms with Crippen molar-refractivity contribution in [1.29, 1.82) is 0 Å². The van der Waals surface area contributed by atoms with Crippen LogP contribution in [0.3, 0.4) is 0 Å². The predicted molar refractivity (Wildman–Crippen MR) is 217 cm³/mol. The lowest BCUT2D eigenvalue weighted by Gasteiger charge is -2.30. The van der Waals surface area contributed by atoms with Gasteiger partial charge in [0.2, 0.25) is 18.2 Å². The summed E-state index contributed by atoms with van der Waals surface area (Å²) in [5.41, 5.74) is 5.39. The van der Waals surface area contributed by atoms with Crippen LogP contribution in [0.15, 0.2) is 53.7 Å². The van der Waals surface area contributed by atoms with Crippen LogP contribution >= 0.6 is 0 Å². The lowest BCUT2D eigenvalue weighted by atomic mass is 10.0. The Kier molecular flexibility index (Phi) is 10.5. The highest BCUT2D eigenvalue weighted by Gasteiger charge is 2.56. The molecule has 4 aromatic rings. The molecule has 8 rings (SSSR count). The molecule has 0 radical (unpaired) electrons. The van der Waals surface area contributed by atoms with E-state index in [0.29, 0.717) is 13.1 Å². The zero-order chi connectivity index (χ0) is 40.8. The van der Waals surface area contributed by atoms with Crippen LogP contribution in [0.4, 0.5) is 4.79 Å². The van der Waals surface area contributed by atoms with E-state index in [0.717, 1.165) is 83.6 Å². The number of aromatic nitrogens is 4. The second kappa shape index (κ2) is 15.6. The van der Waals surface area contributed by atoms with Crippen LogP contribution in [0.2, 0.25) is 0 Å². The molecule has 4 fully saturated rings. The third-order valence-electron chi connectivity index (χ3n) is 12.4. The summed E-state index contributed by atoms with van der Waals surface area (Å²) >= 11 is 0. The van der Waals surface area contributed by atoms with Crippen molar-refractivity contribution in [2.24, 2.45) is 27.7 Å². The Labute approximate surface area is 338 Å². The number of rotatable bonds is 11. The van der Waals surface area contributed by atoms with Gasteiger partial charge in [0.05, 0.1) is 43.0 Å². The monoisotopic (exact) mass is 788 g/mol. The third kappa shape index (κ3) is 7.92. The number of H-pyrrole nitrogens is 2. The average Bonchev–Trinajstić information content (AvgIpc) is 3.83. The van der Waals surface area contributed by atoms with E-state index in [2.05, 4.69) is 37.0 Å². The largest absolute Gasteiger partial charge is 0.453 e. The maximum absolute atomic E-state index is 13.9. The Morgan fingerprint density at radius 1 is 0.862 bits per heavy atom. The summed E-state index contributed by atoms with van der Waals surface area (Å²) in [6.07, 6.45) is 8.57. The summed E-state index contributed by atoms with van der Waals surface area (Å²) < 4.78 is 4.81. The lowest BCUT2D eigenvalue weighted by molar-refractivity contribution is -0.188. The molecule has 3 N–H and O–H groups in total. The second-order valence-corrected chi connectivity index (χ2v) is 17.3. The molecule has 2 aromatic heterocycles. The van der Waals surface area contributed by atoms with E-state index in [1.54, 1.807) is 0 Å². The maximum atomic E-state index is 13.9. The molecule has 2 aromatic carbocycles. The average molecular weight is 789 g/mol. The summed E-state index contributed by atoms with van der Waals surface area (Å²) in [5.74, 6) is 7.84. The third-order valence-corrected chi connectivity index (χ3v) is 12.4. The highest BCUT2D eigenvalue weighted by Crippen LogP contribution is 2.59. The van der Waals surface area contributed by atoms with Crippen molar-refractivity contribution in [3.8, 4) is 23.1 Å². The predicted octanol–water partition coefficient (Wildman–Crippen LogP) is 6.47. The molecule has 4 aliphatic rings. The molecule has 4 heterocycles. The second-order valence-electron chi connectivity index (χ2n) is 17.3. The number of alkyl carbamates (subject to hydrolysis) is 1. The van der Waals surface area contributed by atoms with E-state index in [1.165, 1.54) is 20.6 Å². The summed E-state index contributed by atoms with van der Waals surface area (Å²) in [7, 11) is 2.70. The maximum Gasteiger partial charge on any atom is 0.407 e. The van der Waals surface area contributed by atoms with Crippen LogP contribution in [0, 0.1) is 34.5 Å². The molecule has 2 aliphatic heterocycles. The van der Waals surface area contributed by atoms with Crippen LogP contribution in [-0.4, -0.2) is 93.4 Å². The normalized spacial score (nSPS) is 21.2. The van der Waals surface area contributed by atoms with Crippen LogP contribution in [0.1, 0.15) is 101 Å². The molecular weight excluding hydrogens is 737 g/mol. The molecule has 2 saturated heterocycles. The standard InChI is InChI=1S/C44H52N8O6/c1-26(2)36(46-25-58-57-6)40(53)52-24-44(17-18-44)21-35(52)39-47-31-14-11-29(19-32(31)48-39)8-7-28-9-12-30(13-10-28)33-22-45-38(49-33)34-20-43(15-16-43)23-51(34)41(54)37(27(3)4)50-42(55)56-5/h9-14,19,22,25-27,34-37H,15-18,20-21,23-24H2,1-6H3,(H,45,49)(H,47,48)(H,50,55)/b46-25-/t34-,35-,36-,37-/m0/s1. The number of nitrogens with zero attached hydrogens (tertiary/aromatic N) is 5. The first-order valence-corrected chi connectivity index (χ1v) is 20.2. The number of benzene rings is 2. The van der Waals surface area contributed by atoms with Gasteiger partial charge < -0.3 is 34.7 Å². The number of likely N-dealkylation sites (tertiary alicyclic amines) is 2. The Hall–Kier alpha value is -5.68. The van der Waals surface area contributed by atoms with E-state index >= 15 is 0 Å². The number of carbonyl (C=O) groups is 3. The van der Waals surface area contributed by atoms with Gasteiger partial charge in [-0.3, -0.25) is 9.59 Å². The minimum absolute atomic E-state index is 0.0175. The number of carbonyl (C=O) groups excluding carboxylic acids is 3. The Bertz CT molecular complexity index is 2270. The first kappa shape index (κ1) is 39.2. The fourth-order valence-electron chi connectivity index (χ4n) is 8.63. The number of aliphatic imine (C=N–C) groups is 1. The smallest absolute Gasteiger partial charge is 0.407 e. The molecule has 2 spiro atoms. The van der Waals surface area contributed by atoms with Crippen LogP contribution < -0.4 is 5.32 Å². The van der Waals surface area contributed by atoms with Gasteiger partial charge in [-0.2, -0.15) is 4.89 Å². The number of fused-ring (bicyclic) bond motifs is 1. The van der Waals surface area contributed by atoms with Crippen LogP contribution in [-0.2, 0) is 24.1 Å². The van der Waals surface area contributed by atoms with Crippen molar-refractivity contribution < 1.29 is 28.9 Å². The molecule has 58 heavy (non-hydrogen) atoms. The molecule has 2 aliphatic carbocycles. The summed E-state index contributed by atoms with van der Waals surface area (Å²) in [5, 5.41) is 2.74. The van der Waals surface area contributed by atoms with Crippen molar-refractivity contribution in [2.75, 3.05) is 27.3 Å². The van der Waals surface area contributed by atoms with E-state index < -0.39 is 18.2 Å². The number of methoxy groups -OCH3 is 1. The highest BCUT2D eigenvalue weighted by molar-refractivity contribution is 5.87. The number of ether oxygens (including phenoxy) is 1. The molecule has 3 amide bonds. The van der Waals surface area contributed by atoms with E-state index in [-0.39, 0.29) is 46.6 Å². The minimum Gasteiger partial charge on any atom is -0.453 e. The molecule has 14 nitrogen and oxygen atoms in total. The molecule has 0 unspecified atom stereocenters. The Morgan fingerprint density at radius 3 is 2.12 bits per heavy atom. The number of hydrogen-bond donors (Lipinski definition) is 3. The first-order chi connectivity index (χ1) is 27.9. The highest BCUT2D eigenvalue weighted by atomic mass is 17.2. The number of aromatic amines is 2. The molecule has 4 atom stereocenters. The zero-order valence-electron chi connectivity index (χ0n) is 34.0. The summed E-state index contributed by atoms with van der Waals surface area (Å²) in [6, 6.07) is 12.3. The van der Waals surface area contributed by atoms with Gasteiger partial charge in [0.25, 0.3) is 0 Å². The molecule has 0 bridgehead atoms. The van der Waals surface area contributed by atoms with Crippen molar-refractivity contribution >= 4 is 35.3 Å². The van der Waals surface area contributed by atoms with Crippen molar-refractivity contribution in [1.82, 2.24) is 35.1 Å². The first-order valence-electron chi connectivity index (χ1n) is 20.2. The Balaban J connectivity index is 0.956. The fourth-order valence-corrected chi connectivity index (χ4v) is 8.63. The number of hydrogen-bond acceptors (Lipinski definition) is 9. The lowest BCUT2D eigenvalue weighted by Crippen LogP contribution is -2.51. The van der Waals surface area contributed by atoms with Gasteiger partial charge in [0.15, 0.2) is 0 Å². The van der Waals surface area contributed by atoms with Gasteiger partial charge in [-0.15, -0.1) is 0 Å². The van der Waals surface area contributed by atoms with Gasteiger partial charge in [-0.05, 0) is 91.5 Å². The van der Waals surface area contributed by atoms with Gasteiger partial charge in [0.1, 0.15) is 23.7 Å². The van der Waals surface area contributed by atoms with Gasteiger partial charge >= 0.3 is 6.09 Å². The summed E-state index contributed by atoms with van der Waals surface area (Å²) in [6.45, 7) is 9.16. The van der Waals surface area contributed by atoms with E-state index in [1.807, 2.05) is 86.2 Å². The van der Waals surface area contributed by atoms with E-state index in [4.69, 9.17) is 19.6 Å². The van der Waals surface area contributed by atoms with Crippen molar-refractivity contribution in [2.45, 2.75) is 90.4 Å². The zero-order valence-corrected chi connectivity index (χ0v) is 34.0. The van der Waals surface area contributed by atoms with E-state index in [9.17, 15) is 14.4 Å². The SMILES string of the molecule is COO/C=N\[C@H](C(=O)N1CC2(CC2)C[C@H]1c1nc2cc(C#Cc3ccc(-c4c[nH]c([C@@H]5CC6(CC6)CN5C(=O)[C@@H](NC(=O)OC)C(C)C)n4)cc3)ccc2[nH]1)C(C)C. The number of imidazole rings is 2. The van der Waals surface area contributed by atoms with Crippen molar-refractivity contribution in [3.05, 3.63) is 71.4 Å². The molecule has 2 saturated carbocycles.